The van der Waals surface area contributed by atoms with Crippen LogP contribution in [0.25, 0.3) is 6.08 Å². The van der Waals surface area contributed by atoms with E-state index in [2.05, 4.69) is 16.0 Å². The summed E-state index contributed by atoms with van der Waals surface area (Å²) in [5, 5.41) is 8.54. The van der Waals surface area contributed by atoms with Crippen LogP contribution in [0.2, 0.25) is 5.02 Å². The Morgan fingerprint density at radius 3 is 2.13 bits per heavy atom. The van der Waals surface area contributed by atoms with Crippen molar-refractivity contribution in [2.75, 3.05) is 17.7 Å². The Morgan fingerprint density at radius 2 is 1.43 bits per heavy atom. The molecule has 1 unspecified atom stereocenters. The van der Waals surface area contributed by atoms with Crippen molar-refractivity contribution in [2.45, 2.75) is 10.1 Å². The minimum atomic E-state index is -0.550. The van der Waals surface area contributed by atoms with E-state index in [0.717, 1.165) is 10.5 Å². The Labute approximate surface area is 276 Å². The minimum Gasteiger partial charge on any atom is -0.497 e. The second-order valence-electron chi connectivity index (χ2n) is 10.0. The second-order valence-corrected chi connectivity index (χ2v) is 11.7. The zero-order valence-corrected chi connectivity index (χ0v) is 26.3. The summed E-state index contributed by atoms with van der Waals surface area (Å²) in [6, 6.07) is 39.5. The first kappa shape index (κ1) is 32.1. The van der Waals surface area contributed by atoms with Crippen molar-refractivity contribution in [3.05, 3.63) is 161 Å². The number of rotatable bonds is 11. The largest absolute Gasteiger partial charge is 0.497 e. The molecule has 46 heavy (non-hydrogen) atoms. The van der Waals surface area contributed by atoms with Gasteiger partial charge in [-0.05, 0) is 83.9 Å². The van der Waals surface area contributed by atoms with Gasteiger partial charge < -0.3 is 20.7 Å². The summed E-state index contributed by atoms with van der Waals surface area (Å²) in [5.41, 5.74) is 3.11. The van der Waals surface area contributed by atoms with Gasteiger partial charge in [0.25, 0.3) is 11.8 Å². The fourth-order valence-electron chi connectivity index (χ4n) is 4.47. The number of carbonyl (C=O) groups is 3. The number of amides is 3. The van der Waals surface area contributed by atoms with Crippen LogP contribution in [0.1, 0.15) is 26.7 Å². The molecule has 5 rings (SSSR count). The molecule has 0 spiro atoms. The zero-order chi connectivity index (χ0) is 32.3. The molecule has 0 radical (unpaired) electrons. The molecule has 0 aliphatic heterocycles. The SMILES string of the molecule is COc1cccc(/C=C(\NC(=O)c2ccccc2)C(=O)Nc2ccc(SC(C(=O)Nc3cccc(Cl)c3)c3ccccc3)cc2)c1. The summed E-state index contributed by atoms with van der Waals surface area (Å²) in [5.74, 6) is -0.501. The molecule has 0 bridgehead atoms. The van der Waals surface area contributed by atoms with Gasteiger partial charge in [0.1, 0.15) is 16.7 Å². The molecule has 0 heterocycles. The van der Waals surface area contributed by atoms with Gasteiger partial charge in [-0.1, -0.05) is 78.3 Å². The van der Waals surface area contributed by atoms with Gasteiger partial charge >= 0.3 is 0 Å². The summed E-state index contributed by atoms with van der Waals surface area (Å²) < 4.78 is 5.31. The molecule has 9 heteroatoms. The average Bonchev–Trinajstić information content (AvgIpc) is 3.08. The van der Waals surface area contributed by atoms with Crippen LogP contribution in [-0.4, -0.2) is 24.8 Å². The van der Waals surface area contributed by atoms with Crippen LogP contribution in [0.15, 0.2) is 144 Å². The quantitative estimate of drug-likeness (QED) is 0.0991. The van der Waals surface area contributed by atoms with E-state index in [9.17, 15) is 14.4 Å². The van der Waals surface area contributed by atoms with Crippen LogP contribution in [0, 0.1) is 0 Å². The van der Waals surface area contributed by atoms with E-state index in [0.29, 0.717) is 33.3 Å². The highest BCUT2D eigenvalue weighted by molar-refractivity contribution is 8.00. The number of halogens is 1. The first-order valence-electron chi connectivity index (χ1n) is 14.3. The van der Waals surface area contributed by atoms with Crippen molar-refractivity contribution in [3.63, 3.8) is 0 Å². The first-order chi connectivity index (χ1) is 22.4. The second kappa shape index (κ2) is 15.6. The van der Waals surface area contributed by atoms with Gasteiger partial charge in [-0.15, -0.1) is 11.8 Å². The maximum Gasteiger partial charge on any atom is 0.272 e. The third kappa shape index (κ3) is 8.88. The Kier molecular flexibility index (Phi) is 10.9. The van der Waals surface area contributed by atoms with Crippen molar-refractivity contribution in [1.82, 2.24) is 5.32 Å². The minimum absolute atomic E-state index is 0.0578. The van der Waals surface area contributed by atoms with E-state index in [-0.39, 0.29) is 11.6 Å². The number of nitrogens with one attached hydrogen (secondary N) is 3. The van der Waals surface area contributed by atoms with Crippen LogP contribution in [0.5, 0.6) is 5.75 Å². The van der Waals surface area contributed by atoms with Crippen LogP contribution >= 0.6 is 23.4 Å². The molecule has 230 valence electrons. The normalized spacial score (nSPS) is 11.7. The molecule has 1 atom stereocenters. The van der Waals surface area contributed by atoms with Gasteiger partial charge in [-0.25, -0.2) is 0 Å². The fourth-order valence-corrected chi connectivity index (χ4v) is 5.68. The summed E-state index contributed by atoms with van der Waals surface area (Å²) in [7, 11) is 1.56. The molecule has 7 nitrogen and oxygen atoms in total. The molecule has 0 saturated heterocycles. The van der Waals surface area contributed by atoms with E-state index >= 15 is 0 Å². The number of ether oxygens (including phenoxy) is 1. The molecule has 0 aliphatic rings. The summed E-state index contributed by atoms with van der Waals surface area (Å²) in [6.45, 7) is 0. The maximum atomic E-state index is 13.5. The number of anilines is 2. The molecule has 0 saturated carbocycles. The smallest absolute Gasteiger partial charge is 0.272 e. The lowest BCUT2D eigenvalue weighted by molar-refractivity contribution is -0.116. The first-order valence-corrected chi connectivity index (χ1v) is 15.6. The zero-order valence-electron chi connectivity index (χ0n) is 24.8. The van der Waals surface area contributed by atoms with Crippen LogP contribution in [0.3, 0.4) is 0 Å². The maximum absolute atomic E-state index is 13.5. The molecule has 0 fully saturated rings. The topological polar surface area (TPSA) is 96.5 Å². The number of benzene rings is 5. The molecular weight excluding hydrogens is 618 g/mol. The summed E-state index contributed by atoms with van der Waals surface area (Å²) >= 11 is 7.50. The highest BCUT2D eigenvalue weighted by Gasteiger charge is 2.23. The third-order valence-electron chi connectivity index (χ3n) is 6.73. The lowest BCUT2D eigenvalue weighted by Crippen LogP contribution is -2.30. The molecule has 0 aromatic heterocycles. The lowest BCUT2D eigenvalue weighted by Gasteiger charge is -2.18. The number of thioether (sulfide) groups is 1. The molecule has 5 aromatic rings. The predicted octanol–water partition coefficient (Wildman–Crippen LogP) is 8.23. The van der Waals surface area contributed by atoms with Gasteiger partial charge in [0.05, 0.1) is 7.11 Å². The standard InChI is InChI=1S/C37H30ClN3O4S/c1-45-31-17-8-10-25(22-31)23-33(41-35(42)27-13-6-3-7-14-27)36(43)39-29-18-20-32(21-19-29)46-34(26-11-4-2-5-12-26)37(44)40-30-16-9-15-28(38)24-30/h2-24,34H,1H3,(H,39,43)(H,40,44)(H,41,42)/b33-23-. The Hall–Kier alpha value is -5.31. The van der Waals surface area contributed by atoms with E-state index in [4.69, 9.17) is 16.3 Å². The Morgan fingerprint density at radius 1 is 0.739 bits per heavy atom. The van der Waals surface area contributed by atoms with E-state index in [1.54, 1.807) is 92.0 Å². The number of carbonyl (C=O) groups excluding carboxylic acids is 3. The average molecular weight is 648 g/mol. The van der Waals surface area contributed by atoms with E-state index in [1.807, 2.05) is 54.6 Å². The summed E-state index contributed by atoms with van der Waals surface area (Å²) in [4.78, 5) is 40.7. The van der Waals surface area contributed by atoms with E-state index < -0.39 is 17.1 Å². The van der Waals surface area contributed by atoms with Crippen molar-refractivity contribution in [2.24, 2.45) is 0 Å². The number of hydrogen-bond acceptors (Lipinski definition) is 5. The van der Waals surface area contributed by atoms with Crippen molar-refractivity contribution in [1.29, 1.82) is 0 Å². The highest BCUT2D eigenvalue weighted by Crippen LogP contribution is 2.37. The fraction of sp³-hybridized carbons (Fsp3) is 0.0541. The Balaban J connectivity index is 1.33. The van der Waals surface area contributed by atoms with Gasteiger partial charge in [0, 0.05) is 26.9 Å². The lowest BCUT2D eigenvalue weighted by atomic mass is 10.1. The van der Waals surface area contributed by atoms with Gasteiger partial charge in [-0.2, -0.15) is 0 Å². The van der Waals surface area contributed by atoms with Crippen molar-refractivity contribution in [3.8, 4) is 5.75 Å². The molecule has 3 amide bonds. The Bertz CT molecular complexity index is 1850. The van der Waals surface area contributed by atoms with Crippen LogP contribution in [-0.2, 0) is 9.59 Å². The monoisotopic (exact) mass is 647 g/mol. The predicted molar refractivity (Wildman–Crippen MR) is 185 cm³/mol. The van der Waals surface area contributed by atoms with E-state index in [1.165, 1.54) is 11.8 Å². The molecule has 5 aromatic carbocycles. The number of methoxy groups -OCH3 is 1. The number of hydrogen-bond donors (Lipinski definition) is 3. The molecular formula is C37H30ClN3O4S. The summed E-state index contributed by atoms with van der Waals surface area (Å²) in [6.07, 6.45) is 1.59. The van der Waals surface area contributed by atoms with Gasteiger partial charge in [-0.3, -0.25) is 14.4 Å². The van der Waals surface area contributed by atoms with Crippen molar-refractivity contribution < 1.29 is 19.1 Å². The molecule has 0 aliphatic carbocycles. The highest BCUT2D eigenvalue weighted by atomic mass is 35.5. The molecule has 3 N–H and O–H groups in total. The van der Waals surface area contributed by atoms with Gasteiger partial charge in [0.2, 0.25) is 5.91 Å². The van der Waals surface area contributed by atoms with Gasteiger partial charge in [0.15, 0.2) is 0 Å². The third-order valence-corrected chi connectivity index (χ3v) is 8.23. The van der Waals surface area contributed by atoms with Crippen LogP contribution in [0.4, 0.5) is 11.4 Å². The van der Waals surface area contributed by atoms with Crippen LogP contribution < -0.4 is 20.7 Å². The van der Waals surface area contributed by atoms with Crippen molar-refractivity contribution >= 4 is 58.5 Å².